The average molecular weight is 211 g/mol. The van der Waals surface area contributed by atoms with Crippen molar-refractivity contribution in [2.45, 2.75) is 5.75 Å². The fourth-order valence-electron chi connectivity index (χ4n) is 1.21. The van der Waals surface area contributed by atoms with Crippen LogP contribution in [-0.2, 0) is 10.5 Å². The first-order valence-electron chi connectivity index (χ1n) is 3.69. The van der Waals surface area contributed by atoms with Gasteiger partial charge in [-0.3, -0.25) is 19.5 Å². The summed E-state index contributed by atoms with van der Waals surface area (Å²) in [5.41, 5.74) is 5.35. The van der Waals surface area contributed by atoms with Gasteiger partial charge in [-0.25, -0.2) is 0 Å². The summed E-state index contributed by atoms with van der Waals surface area (Å²) >= 11 is 0.882. The molecule has 0 fully saturated rings. The second-order valence-electron chi connectivity index (χ2n) is 2.70. The molecular formula is C7H5N3O3S. The smallest absolute Gasteiger partial charge is 0.269 e. The summed E-state index contributed by atoms with van der Waals surface area (Å²) in [6.07, 6.45) is 0. The summed E-state index contributed by atoms with van der Waals surface area (Å²) in [5, 5.41) is 5.53. The molecule has 14 heavy (non-hydrogen) atoms. The molecule has 7 heteroatoms. The van der Waals surface area contributed by atoms with Crippen molar-refractivity contribution in [3.05, 3.63) is 17.0 Å². The van der Waals surface area contributed by atoms with Crippen LogP contribution in [0.15, 0.2) is 0 Å². The van der Waals surface area contributed by atoms with Gasteiger partial charge < -0.3 is 5.73 Å². The zero-order chi connectivity index (χ0) is 10.3. The van der Waals surface area contributed by atoms with Gasteiger partial charge in [0.15, 0.2) is 5.69 Å². The van der Waals surface area contributed by atoms with Crippen molar-refractivity contribution in [1.29, 1.82) is 0 Å². The van der Waals surface area contributed by atoms with Crippen molar-refractivity contribution in [3.63, 3.8) is 0 Å². The standard InChI is InChI=1S/C7H5N3O3S/c8-6(12)4-3-2(9-10-4)1-14-7(13)5(3)11/h1H2,(H2,8,12)(H,9,10). The second kappa shape index (κ2) is 2.95. The predicted molar refractivity (Wildman–Crippen MR) is 47.7 cm³/mol. The Morgan fingerprint density at radius 2 is 2.21 bits per heavy atom. The highest BCUT2D eigenvalue weighted by molar-refractivity contribution is 8.15. The summed E-state index contributed by atoms with van der Waals surface area (Å²) in [5.74, 6) is -1.20. The number of rotatable bonds is 1. The van der Waals surface area contributed by atoms with Gasteiger partial charge in [0, 0.05) is 5.75 Å². The molecule has 1 aliphatic rings. The van der Waals surface area contributed by atoms with E-state index in [1.165, 1.54) is 0 Å². The summed E-state index contributed by atoms with van der Waals surface area (Å²) < 4.78 is 0. The Hall–Kier alpha value is -1.63. The molecule has 0 unspecified atom stereocenters. The topological polar surface area (TPSA) is 106 Å². The third-order valence-electron chi connectivity index (χ3n) is 1.83. The highest BCUT2D eigenvalue weighted by atomic mass is 32.2. The van der Waals surface area contributed by atoms with Crippen molar-refractivity contribution in [1.82, 2.24) is 10.2 Å². The Morgan fingerprint density at radius 1 is 1.50 bits per heavy atom. The Bertz CT molecular complexity index is 451. The molecule has 1 aromatic heterocycles. The number of amides is 1. The van der Waals surface area contributed by atoms with Crippen LogP contribution in [0.1, 0.15) is 26.5 Å². The fraction of sp³-hybridized carbons (Fsp3) is 0.143. The van der Waals surface area contributed by atoms with E-state index >= 15 is 0 Å². The second-order valence-corrected chi connectivity index (χ2v) is 3.64. The highest BCUT2D eigenvalue weighted by Crippen LogP contribution is 2.25. The molecule has 1 aromatic rings. The number of Topliss-reactive ketones (excluding diaryl/α,β-unsaturated/α-hetero) is 1. The van der Waals surface area contributed by atoms with Crippen LogP contribution in [0.4, 0.5) is 0 Å². The molecule has 1 aliphatic heterocycles. The molecule has 2 rings (SSSR count). The number of carbonyl (C=O) groups excluding carboxylic acids is 3. The average Bonchev–Trinajstić information content (AvgIpc) is 2.55. The Kier molecular flexibility index (Phi) is 1.88. The van der Waals surface area contributed by atoms with Crippen LogP contribution >= 0.6 is 11.8 Å². The lowest BCUT2D eigenvalue weighted by Gasteiger charge is -2.07. The largest absolute Gasteiger partial charge is 0.364 e. The van der Waals surface area contributed by atoms with Gasteiger partial charge in [-0.05, 0) is 0 Å². The predicted octanol–water partition coefficient (Wildman–Crippen LogP) is -0.535. The lowest BCUT2D eigenvalue weighted by Crippen LogP contribution is -2.22. The molecule has 72 valence electrons. The summed E-state index contributed by atoms with van der Waals surface area (Å²) in [4.78, 5) is 33.3. The number of hydrogen-bond donors (Lipinski definition) is 2. The number of fused-ring (bicyclic) bond motifs is 1. The molecule has 0 spiro atoms. The van der Waals surface area contributed by atoms with Gasteiger partial charge in [0.25, 0.3) is 11.0 Å². The number of thioether (sulfide) groups is 1. The molecule has 2 heterocycles. The third-order valence-corrected chi connectivity index (χ3v) is 2.72. The maximum absolute atomic E-state index is 11.4. The number of primary amides is 1. The van der Waals surface area contributed by atoms with Crippen LogP contribution in [0, 0.1) is 0 Å². The first-order valence-corrected chi connectivity index (χ1v) is 4.68. The lowest BCUT2D eigenvalue weighted by atomic mass is 10.1. The first kappa shape index (κ1) is 8.95. The minimum atomic E-state index is -0.810. The molecule has 0 aliphatic carbocycles. The first-order chi connectivity index (χ1) is 6.61. The minimum absolute atomic E-state index is 0.0289. The van der Waals surface area contributed by atoms with Gasteiger partial charge in [-0.15, -0.1) is 0 Å². The van der Waals surface area contributed by atoms with E-state index in [-0.39, 0.29) is 11.3 Å². The molecule has 1 amide bonds. The van der Waals surface area contributed by atoms with E-state index < -0.39 is 16.8 Å². The van der Waals surface area contributed by atoms with Gasteiger partial charge in [-0.1, -0.05) is 11.8 Å². The molecule has 0 aromatic carbocycles. The Morgan fingerprint density at radius 3 is 2.86 bits per heavy atom. The monoisotopic (exact) mass is 211 g/mol. The molecule has 3 N–H and O–H groups in total. The maximum Gasteiger partial charge on any atom is 0.269 e. The van der Waals surface area contributed by atoms with E-state index in [4.69, 9.17) is 5.73 Å². The van der Waals surface area contributed by atoms with E-state index in [1.54, 1.807) is 0 Å². The SMILES string of the molecule is NC(=O)c1n[nH]c2c1C(=O)C(=O)SC2. The number of aromatic amines is 1. The van der Waals surface area contributed by atoms with E-state index in [1.807, 2.05) is 0 Å². The van der Waals surface area contributed by atoms with E-state index in [2.05, 4.69) is 10.2 Å². The Labute approximate surface area is 82.2 Å². The van der Waals surface area contributed by atoms with Crippen molar-refractivity contribution in [3.8, 4) is 0 Å². The van der Waals surface area contributed by atoms with Crippen LogP contribution in [0.5, 0.6) is 0 Å². The van der Waals surface area contributed by atoms with Gasteiger partial charge in [0.1, 0.15) is 0 Å². The van der Waals surface area contributed by atoms with Gasteiger partial charge in [-0.2, -0.15) is 5.10 Å². The molecule has 6 nitrogen and oxygen atoms in total. The Balaban J connectivity index is 2.60. The normalized spacial score (nSPS) is 15.4. The number of nitrogens with zero attached hydrogens (tertiary/aromatic N) is 1. The number of carbonyl (C=O) groups is 3. The van der Waals surface area contributed by atoms with Gasteiger partial charge in [0.05, 0.1) is 11.3 Å². The molecule has 0 atom stereocenters. The van der Waals surface area contributed by atoms with Crippen molar-refractivity contribution in [2.24, 2.45) is 5.73 Å². The fourth-order valence-corrected chi connectivity index (χ4v) is 1.93. The zero-order valence-electron chi connectivity index (χ0n) is 6.86. The zero-order valence-corrected chi connectivity index (χ0v) is 7.68. The molecule has 0 saturated heterocycles. The van der Waals surface area contributed by atoms with Crippen LogP contribution in [0.25, 0.3) is 0 Å². The number of ketones is 1. The van der Waals surface area contributed by atoms with Crippen molar-refractivity contribution >= 4 is 28.6 Å². The van der Waals surface area contributed by atoms with Crippen LogP contribution in [-0.4, -0.2) is 27.0 Å². The minimum Gasteiger partial charge on any atom is -0.364 e. The van der Waals surface area contributed by atoms with Crippen LogP contribution in [0.2, 0.25) is 0 Å². The quantitative estimate of drug-likeness (QED) is 0.607. The van der Waals surface area contributed by atoms with Crippen LogP contribution in [0.3, 0.4) is 0 Å². The number of H-pyrrole nitrogens is 1. The summed E-state index contributed by atoms with van der Waals surface area (Å²) in [7, 11) is 0. The molecule has 0 bridgehead atoms. The van der Waals surface area contributed by atoms with E-state index in [9.17, 15) is 14.4 Å². The highest BCUT2D eigenvalue weighted by Gasteiger charge is 2.32. The maximum atomic E-state index is 11.4. The van der Waals surface area contributed by atoms with Gasteiger partial charge in [0.2, 0.25) is 5.78 Å². The van der Waals surface area contributed by atoms with Crippen molar-refractivity contribution < 1.29 is 14.4 Å². The molecule has 0 saturated carbocycles. The third kappa shape index (κ3) is 1.13. The summed E-state index contributed by atoms with van der Waals surface area (Å²) in [6.45, 7) is 0. The number of aromatic nitrogens is 2. The number of nitrogens with two attached hydrogens (primary N) is 1. The number of nitrogens with one attached hydrogen (secondary N) is 1. The van der Waals surface area contributed by atoms with Gasteiger partial charge >= 0.3 is 0 Å². The summed E-state index contributed by atoms with van der Waals surface area (Å²) in [6, 6.07) is 0. The molecule has 0 radical (unpaired) electrons. The van der Waals surface area contributed by atoms with Crippen molar-refractivity contribution in [2.75, 3.05) is 0 Å². The lowest BCUT2D eigenvalue weighted by molar-refractivity contribution is -0.107. The molecular weight excluding hydrogens is 206 g/mol. The van der Waals surface area contributed by atoms with E-state index in [0.717, 1.165) is 11.8 Å². The number of hydrogen-bond acceptors (Lipinski definition) is 5. The van der Waals surface area contributed by atoms with E-state index in [0.29, 0.717) is 11.4 Å². The van der Waals surface area contributed by atoms with Crippen LogP contribution < -0.4 is 5.73 Å².